The summed E-state index contributed by atoms with van der Waals surface area (Å²) in [6.07, 6.45) is 0. The average Bonchev–Trinajstić information content (AvgIpc) is 3.02. The molecule has 0 atom stereocenters. The zero-order chi connectivity index (χ0) is 23.3. The monoisotopic (exact) mass is 463 g/mol. The van der Waals surface area contributed by atoms with Crippen molar-refractivity contribution < 1.29 is 27.8 Å². The van der Waals surface area contributed by atoms with Gasteiger partial charge in [-0.2, -0.15) is 13.9 Å². The molecule has 0 fully saturated rings. The van der Waals surface area contributed by atoms with Gasteiger partial charge in [-0.15, -0.1) is 0 Å². The lowest BCUT2D eigenvalue weighted by molar-refractivity contribution is -0.119. The molecule has 168 valence electrons. The van der Waals surface area contributed by atoms with E-state index in [4.69, 9.17) is 16.3 Å². The molecule has 0 radical (unpaired) electrons. The van der Waals surface area contributed by atoms with E-state index in [1.165, 1.54) is 18.2 Å². The van der Waals surface area contributed by atoms with Crippen LogP contribution in [0.2, 0.25) is 5.02 Å². The van der Waals surface area contributed by atoms with Gasteiger partial charge in [0.15, 0.2) is 6.61 Å². The first kappa shape index (κ1) is 23.2. The normalized spacial score (nSPS) is 10.8. The first-order chi connectivity index (χ1) is 15.2. The van der Waals surface area contributed by atoms with E-state index in [9.17, 15) is 18.4 Å². The Morgan fingerprint density at radius 3 is 2.53 bits per heavy atom. The molecule has 0 saturated carbocycles. The van der Waals surface area contributed by atoms with Gasteiger partial charge >= 0.3 is 12.6 Å². The van der Waals surface area contributed by atoms with E-state index in [1.807, 2.05) is 30.3 Å². The highest BCUT2D eigenvalue weighted by atomic mass is 35.5. The SMILES string of the molecule is Cc1nn(Cc2ccccc2)c(C)c1C(=O)OCC(=O)Nc1ccc(OC(F)F)c(Cl)c1. The van der Waals surface area contributed by atoms with Crippen molar-refractivity contribution in [2.75, 3.05) is 11.9 Å². The van der Waals surface area contributed by atoms with Crippen LogP contribution in [0.3, 0.4) is 0 Å². The van der Waals surface area contributed by atoms with Crippen molar-refractivity contribution in [2.45, 2.75) is 27.0 Å². The van der Waals surface area contributed by atoms with Crippen LogP contribution >= 0.6 is 11.6 Å². The van der Waals surface area contributed by atoms with E-state index in [2.05, 4.69) is 15.2 Å². The van der Waals surface area contributed by atoms with Crippen LogP contribution in [0.15, 0.2) is 48.5 Å². The quantitative estimate of drug-likeness (QED) is 0.494. The Morgan fingerprint density at radius 2 is 1.88 bits per heavy atom. The van der Waals surface area contributed by atoms with E-state index in [0.717, 1.165) is 5.56 Å². The molecule has 1 amide bonds. The van der Waals surface area contributed by atoms with Crippen LogP contribution in [0.5, 0.6) is 5.75 Å². The number of ether oxygens (including phenoxy) is 2. The molecule has 0 aliphatic carbocycles. The fraction of sp³-hybridized carbons (Fsp3) is 0.227. The second-order valence-corrected chi connectivity index (χ2v) is 7.24. The van der Waals surface area contributed by atoms with Gasteiger partial charge in [0.25, 0.3) is 5.91 Å². The molecule has 1 aromatic heterocycles. The van der Waals surface area contributed by atoms with Gasteiger partial charge in [0.05, 0.1) is 23.0 Å². The molecule has 3 rings (SSSR count). The van der Waals surface area contributed by atoms with Crippen molar-refractivity contribution in [2.24, 2.45) is 0 Å². The molecule has 0 bridgehead atoms. The molecule has 0 saturated heterocycles. The van der Waals surface area contributed by atoms with Crippen molar-refractivity contribution in [3.05, 3.63) is 76.1 Å². The van der Waals surface area contributed by atoms with Gasteiger partial charge in [-0.25, -0.2) is 4.79 Å². The molecule has 0 aliphatic heterocycles. The van der Waals surface area contributed by atoms with Gasteiger partial charge in [-0.3, -0.25) is 9.48 Å². The number of alkyl halides is 2. The second-order valence-electron chi connectivity index (χ2n) is 6.84. The zero-order valence-corrected chi connectivity index (χ0v) is 18.0. The predicted molar refractivity (Wildman–Crippen MR) is 114 cm³/mol. The number of hydrogen-bond donors (Lipinski definition) is 1. The molecule has 7 nitrogen and oxygen atoms in total. The van der Waals surface area contributed by atoms with Crippen LogP contribution in [0.25, 0.3) is 0 Å². The van der Waals surface area contributed by atoms with Gasteiger partial charge in [0.2, 0.25) is 0 Å². The Balaban J connectivity index is 1.60. The number of halogens is 3. The maximum absolute atomic E-state index is 12.5. The lowest BCUT2D eigenvalue weighted by Crippen LogP contribution is -2.21. The summed E-state index contributed by atoms with van der Waals surface area (Å²) in [5, 5.41) is 6.77. The number of aryl methyl sites for hydroxylation is 1. The van der Waals surface area contributed by atoms with Crippen molar-refractivity contribution >= 4 is 29.2 Å². The maximum atomic E-state index is 12.5. The minimum absolute atomic E-state index is 0.0998. The third kappa shape index (κ3) is 5.82. The largest absolute Gasteiger partial charge is 0.452 e. The van der Waals surface area contributed by atoms with Crippen LogP contribution < -0.4 is 10.1 Å². The van der Waals surface area contributed by atoms with E-state index < -0.39 is 25.1 Å². The molecule has 0 unspecified atom stereocenters. The molecule has 32 heavy (non-hydrogen) atoms. The van der Waals surface area contributed by atoms with Crippen molar-refractivity contribution in [3.63, 3.8) is 0 Å². The molecular formula is C22H20ClF2N3O4. The summed E-state index contributed by atoms with van der Waals surface area (Å²) < 4.78 is 35.7. The fourth-order valence-electron chi connectivity index (χ4n) is 3.07. The maximum Gasteiger partial charge on any atom is 0.387 e. The predicted octanol–water partition coefficient (Wildman–Crippen LogP) is 4.60. The zero-order valence-electron chi connectivity index (χ0n) is 17.3. The number of aromatic nitrogens is 2. The Kier molecular flexibility index (Phi) is 7.42. The summed E-state index contributed by atoms with van der Waals surface area (Å²) in [5.74, 6) is -1.51. The molecule has 10 heteroatoms. The van der Waals surface area contributed by atoms with E-state index in [1.54, 1.807) is 18.5 Å². The van der Waals surface area contributed by atoms with E-state index >= 15 is 0 Å². The lowest BCUT2D eigenvalue weighted by Gasteiger charge is -2.10. The van der Waals surface area contributed by atoms with Gasteiger partial charge in [-0.05, 0) is 37.6 Å². The Labute approximate surface area is 187 Å². The average molecular weight is 464 g/mol. The standard InChI is InChI=1S/C22H20ClF2N3O4/c1-13-20(14(2)28(27-13)11-15-6-4-3-5-7-15)21(30)31-12-19(29)26-16-8-9-18(17(23)10-16)32-22(24)25/h3-10,22H,11-12H2,1-2H3,(H,26,29). The minimum atomic E-state index is -3.02. The summed E-state index contributed by atoms with van der Waals surface area (Å²) in [5.41, 5.74) is 2.68. The summed E-state index contributed by atoms with van der Waals surface area (Å²) >= 11 is 5.86. The highest BCUT2D eigenvalue weighted by Gasteiger charge is 2.21. The number of nitrogens with one attached hydrogen (secondary N) is 1. The van der Waals surface area contributed by atoms with Crippen LogP contribution in [-0.4, -0.2) is 34.9 Å². The topological polar surface area (TPSA) is 82.5 Å². The van der Waals surface area contributed by atoms with Crippen molar-refractivity contribution in [1.29, 1.82) is 0 Å². The van der Waals surface area contributed by atoms with Crippen LogP contribution in [0, 0.1) is 13.8 Å². The fourth-order valence-corrected chi connectivity index (χ4v) is 3.30. The molecule has 0 aliphatic rings. The minimum Gasteiger partial charge on any atom is -0.452 e. The number of hydrogen-bond acceptors (Lipinski definition) is 5. The summed E-state index contributed by atoms with van der Waals surface area (Å²) in [6.45, 7) is 0.374. The number of carbonyl (C=O) groups is 2. The van der Waals surface area contributed by atoms with Crippen molar-refractivity contribution in [1.82, 2.24) is 9.78 Å². The van der Waals surface area contributed by atoms with Gasteiger partial charge in [0.1, 0.15) is 11.3 Å². The molecule has 2 aromatic carbocycles. The number of amides is 1. The summed E-state index contributed by atoms with van der Waals surface area (Å²) in [4.78, 5) is 24.7. The van der Waals surface area contributed by atoms with Crippen LogP contribution in [0.1, 0.15) is 27.3 Å². The van der Waals surface area contributed by atoms with Gasteiger partial charge in [-0.1, -0.05) is 41.9 Å². The molecule has 3 aromatic rings. The lowest BCUT2D eigenvalue weighted by atomic mass is 10.2. The third-order valence-corrected chi connectivity index (χ3v) is 4.82. The number of anilines is 1. The highest BCUT2D eigenvalue weighted by molar-refractivity contribution is 6.32. The smallest absolute Gasteiger partial charge is 0.387 e. The first-order valence-corrected chi connectivity index (χ1v) is 9.91. The summed E-state index contributed by atoms with van der Waals surface area (Å²) in [7, 11) is 0. The Bertz CT molecular complexity index is 1120. The molecular weight excluding hydrogens is 444 g/mol. The Hall–Kier alpha value is -3.46. The number of carbonyl (C=O) groups excluding carboxylic acids is 2. The number of rotatable bonds is 8. The second kappa shape index (κ2) is 10.2. The molecule has 1 N–H and O–H groups in total. The van der Waals surface area contributed by atoms with Crippen molar-refractivity contribution in [3.8, 4) is 5.75 Å². The number of nitrogens with zero attached hydrogens (tertiary/aromatic N) is 2. The van der Waals surface area contributed by atoms with Gasteiger partial charge in [0, 0.05) is 5.69 Å². The highest BCUT2D eigenvalue weighted by Crippen LogP contribution is 2.29. The van der Waals surface area contributed by atoms with Gasteiger partial charge < -0.3 is 14.8 Å². The van der Waals surface area contributed by atoms with Crippen LogP contribution in [0.4, 0.5) is 14.5 Å². The molecule has 0 spiro atoms. The number of esters is 1. The van der Waals surface area contributed by atoms with E-state index in [0.29, 0.717) is 23.5 Å². The Morgan fingerprint density at radius 1 is 1.16 bits per heavy atom. The van der Waals surface area contributed by atoms with E-state index in [-0.39, 0.29) is 16.5 Å². The number of benzene rings is 2. The first-order valence-electron chi connectivity index (χ1n) is 9.54. The third-order valence-electron chi connectivity index (χ3n) is 4.53. The molecule has 1 heterocycles. The van der Waals surface area contributed by atoms with Crippen LogP contribution in [-0.2, 0) is 16.1 Å². The summed E-state index contributed by atoms with van der Waals surface area (Å²) in [6, 6.07) is 13.4.